The molecule has 0 aromatic heterocycles. The van der Waals surface area contributed by atoms with E-state index >= 15 is 0 Å². The van der Waals surface area contributed by atoms with Crippen LogP contribution in [0.2, 0.25) is 0 Å². The molecule has 0 atom stereocenters. The van der Waals surface area contributed by atoms with E-state index in [4.69, 9.17) is 9.47 Å². The summed E-state index contributed by atoms with van der Waals surface area (Å²) in [5.41, 5.74) is 0.180. The molecule has 0 fully saturated rings. The fourth-order valence-corrected chi connectivity index (χ4v) is 1.51. The highest BCUT2D eigenvalue weighted by molar-refractivity contribution is 5.72. The van der Waals surface area contributed by atoms with Gasteiger partial charge < -0.3 is 19.9 Å². The predicted octanol–water partition coefficient (Wildman–Crippen LogP) is 1.83. The Morgan fingerprint density at radius 3 is 2.63 bits per heavy atom. The fourth-order valence-electron chi connectivity index (χ4n) is 1.51. The van der Waals surface area contributed by atoms with Crippen molar-refractivity contribution in [3.63, 3.8) is 0 Å². The van der Waals surface area contributed by atoms with Gasteiger partial charge in [0.2, 0.25) is 0 Å². The van der Waals surface area contributed by atoms with Crippen LogP contribution >= 0.6 is 0 Å². The van der Waals surface area contributed by atoms with Crippen molar-refractivity contribution >= 4 is 5.97 Å². The Hall–Kier alpha value is -1.75. The number of benzene rings is 1. The summed E-state index contributed by atoms with van der Waals surface area (Å²) in [6.45, 7) is 5.91. The largest absolute Gasteiger partial charge is 0.508 e. The molecule has 1 aromatic carbocycles. The van der Waals surface area contributed by atoms with Crippen molar-refractivity contribution in [2.45, 2.75) is 32.9 Å². The van der Waals surface area contributed by atoms with Gasteiger partial charge in [-0.1, -0.05) is 0 Å². The number of esters is 1. The second-order valence-corrected chi connectivity index (χ2v) is 5.18. The number of carbonyl (C=O) groups is 1. The van der Waals surface area contributed by atoms with Crippen molar-refractivity contribution in [3.05, 3.63) is 23.8 Å². The summed E-state index contributed by atoms with van der Waals surface area (Å²) in [4.78, 5) is 11.5. The zero-order valence-corrected chi connectivity index (χ0v) is 11.8. The Labute approximate surface area is 113 Å². The van der Waals surface area contributed by atoms with Gasteiger partial charge >= 0.3 is 5.97 Å². The Morgan fingerprint density at radius 2 is 2.05 bits per heavy atom. The van der Waals surface area contributed by atoms with E-state index in [1.807, 2.05) is 20.8 Å². The lowest BCUT2D eigenvalue weighted by Gasteiger charge is -2.19. The number of methoxy groups -OCH3 is 1. The van der Waals surface area contributed by atoms with E-state index in [1.165, 1.54) is 0 Å². The molecular formula is C14H21NO4. The van der Waals surface area contributed by atoms with Crippen LogP contribution in [0.3, 0.4) is 0 Å². The Kier molecular flexibility index (Phi) is 5.18. The van der Waals surface area contributed by atoms with Crippen molar-refractivity contribution in [1.82, 2.24) is 5.32 Å². The van der Waals surface area contributed by atoms with E-state index in [1.54, 1.807) is 25.3 Å². The second kappa shape index (κ2) is 6.43. The van der Waals surface area contributed by atoms with Gasteiger partial charge in [0.05, 0.1) is 13.7 Å². The summed E-state index contributed by atoms with van der Waals surface area (Å²) in [7, 11) is 1.56. The first-order valence-electron chi connectivity index (χ1n) is 6.10. The SMILES string of the molecule is COc1ccc(O)c(CNCC(=O)OC(C)(C)C)c1. The van der Waals surface area contributed by atoms with Gasteiger partial charge in [0.15, 0.2) is 0 Å². The molecule has 0 aliphatic heterocycles. The summed E-state index contributed by atoms with van der Waals surface area (Å²) >= 11 is 0. The quantitative estimate of drug-likeness (QED) is 0.797. The van der Waals surface area contributed by atoms with E-state index in [2.05, 4.69) is 5.32 Å². The Bertz CT molecular complexity index is 438. The second-order valence-electron chi connectivity index (χ2n) is 5.18. The lowest BCUT2D eigenvalue weighted by Crippen LogP contribution is -2.31. The van der Waals surface area contributed by atoms with Crippen molar-refractivity contribution in [2.24, 2.45) is 0 Å². The predicted molar refractivity (Wildman–Crippen MR) is 72.2 cm³/mol. The van der Waals surface area contributed by atoms with E-state index in [0.29, 0.717) is 17.9 Å². The third-order valence-corrected chi connectivity index (χ3v) is 2.29. The molecular weight excluding hydrogens is 246 g/mol. The van der Waals surface area contributed by atoms with Crippen LogP contribution in [-0.4, -0.2) is 30.3 Å². The lowest BCUT2D eigenvalue weighted by atomic mass is 10.2. The highest BCUT2D eigenvalue weighted by Crippen LogP contribution is 2.22. The smallest absolute Gasteiger partial charge is 0.320 e. The van der Waals surface area contributed by atoms with Gasteiger partial charge in [0.25, 0.3) is 0 Å². The monoisotopic (exact) mass is 267 g/mol. The van der Waals surface area contributed by atoms with Crippen LogP contribution in [0.4, 0.5) is 0 Å². The summed E-state index contributed by atoms with van der Waals surface area (Å²) in [5.74, 6) is 0.499. The number of aromatic hydroxyl groups is 1. The molecule has 106 valence electrons. The molecule has 0 aliphatic rings. The van der Waals surface area contributed by atoms with Crippen LogP contribution in [0.15, 0.2) is 18.2 Å². The minimum Gasteiger partial charge on any atom is -0.508 e. The van der Waals surface area contributed by atoms with E-state index in [0.717, 1.165) is 0 Å². The molecule has 0 saturated heterocycles. The van der Waals surface area contributed by atoms with Gasteiger partial charge in [0, 0.05) is 12.1 Å². The topological polar surface area (TPSA) is 67.8 Å². The average Bonchev–Trinajstić information content (AvgIpc) is 2.29. The molecule has 0 spiro atoms. The molecule has 0 saturated carbocycles. The minimum atomic E-state index is -0.489. The number of phenols is 1. The van der Waals surface area contributed by atoms with Gasteiger partial charge in [-0.15, -0.1) is 0 Å². The molecule has 0 amide bonds. The number of hydrogen-bond donors (Lipinski definition) is 2. The first-order valence-corrected chi connectivity index (χ1v) is 6.10. The lowest BCUT2D eigenvalue weighted by molar-refractivity contribution is -0.153. The van der Waals surface area contributed by atoms with Crippen LogP contribution < -0.4 is 10.1 Å². The zero-order valence-electron chi connectivity index (χ0n) is 11.8. The van der Waals surface area contributed by atoms with Crippen molar-refractivity contribution in [2.75, 3.05) is 13.7 Å². The third-order valence-electron chi connectivity index (χ3n) is 2.29. The Morgan fingerprint density at radius 1 is 1.37 bits per heavy atom. The normalized spacial score (nSPS) is 11.2. The van der Waals surface area contributed by atoms with E-state index in [9.17, 15) is 9.90 Å². The standard InChI is InChI=1S/C14H21NO4/c1-14(2,3)19-13(17)9-15-8-10-7-11(18-4)5-6-12(10)16/h5-7,15-16H,8-9H2,1-4H3. The molecule has 0 aliphatic carbocycles. The molecule has 0 radical (unpaired) electrons. The zero-order chi connectivity index (χ0) is 14.5. The number of nitrogens with one attached hydrogen (secondary N) is 1. The maximum absolute atomic E-state index is 11.5. The molecule has 1 aromatic rings. The van der Waals surface area contributed by atoms with Crippen LogP contribution in [0.1, 0.15) is 26.3 Å². The number of hydrogen-bond acceptors (Lipinski definition) is 5. The van der Waals surface area contributed by atoms with Gasteiger partial charge in [0.1, 0.15) is 17.1 Å². The Balaban J connectivity index is 2.47. The highest BCUT2D eigenvalue weighted by Gasteiger charge is 2.15. The minimum absolute atomic E-state index is 0.0912. The molecule has 19 heavy (non-hydrogen) atoms. The van der Waals surface area contributed by atoms with Crippen molar-refractivity contribution in [1.29, 1.82) is 0 Å². The molecule has 2 N–H and O–H groups in total. The molecule has 1 rings (SSSR count). The molecule has 0 heterocycles. The molecule has 0 bridgehead atoms. The van der Waals surface area contributed by atoms with Crippen molar-refractivity contribution < 1.29 is 19.4 Å². The maximum Gasteiger partial charge on any atom is 0.320 e. The van der Waals surface area contributed by atoms with E-state index in [-0.39, 0.29) is 18.3 Å². The number of ether oxygens (including phenoxy) is 2. The molecule has 5 nitrogen and oxygen atoms in total. The van der Waals surface area contributed by atoms with Gasteiger partial charge in [-0.3, -0.25) is 4.79 Å². The summed E-state index contributed by atoms with van der Waals surface area (Å²) in [6, 6.07) is 4.95. The molecule has 0 unspecified atom stereocenters. The molecule has 5 heteroatoms. The third kappa shape index (κ3) is 5.61. The van der Waals surface area contributed by atoms with Crippen LogP contribution in [0.25, 0.3) is 0 Å². The van der Waals surface area contributed by atoms with Crippen molar-refractivity contribution in [3.8, 4) is 11.5 Å². The highest BCUT2D eigenvalue weighted by atomic mass is 16.6. The number of phenolic OH excluding ortho intramolecular Hbond substituents is 1. The summed E-state index contributed by atoms with van der Waals surface area (Å²) in [6.07, 6.45) is 0. The maximum atomic E-state index is 11.5. The van der Waals surface area contributed by atoms with Gasteiger partial charge in [-0.05, 0) is 39.0 Å². The summed E-state index contributed by atoms with van der Waals surface area (Å²) in [5, 5.41) is 12.6. The first-order chi connectivity index (χ1) is 8.81. The van der Waals surface area contributed by atoms with Crippen LogP contribution in [0.5, 0.6) is 11.5 Å². The average molecular weight is 267 g/mol. The number of carbonyl (C=O) groups excluding carboxylic acids is 1. The van der Waals surface area contributed by atoms with E-state index < -0.39 is 5.60 Å². The number of rotatable bonds is 5. The first kappa shape index (κ1) is 15.3. The van der Waals surface area contributed by atoms with Crippen LogP contribution in [0, 0.1) is 0 Å². The fraction of sp³-hybridized carbons (Fsp3) is 0.500. The van der Waals surface area contributed by atoms with Gasteiger partial charge in [-0.25, -0.2) is 0 Å². The summed E-state index contributed by atoms with van der Waals surface area (Å²) < 4.78 is 10.2. The van der Waals surface area contributed by atoms with Gasteiger partial charge in [-0.2, -0.15) is 0 Å². The van der Waals surface area contributed by atoms with Crippen LogP contribution in [-0.2, 0) is 16.1 Å².